The molecule has 728 valence electrons. The van der Waals surface area contributed by atoms with Gasteiger partial charge in [0.1, 0.15) is 17.3 Å². The van der Waals surface area contributed by atoms with Crippen LogP contribution in [0.4, 0.5) is 0 Å². The summed E-state index contributed by atoms with van der Waals surface area (Å²) in [6, 6.07) is 0. The van der Waals surface area contributed by atoms with Crippen molar-refractivity contribution in [2.45, 2.75) is 470 Å². The number of ketones is 5. The second-order valence-electron chi connectivity index (χ2n) is 45.7. The van der Waals surface area contributed by atoms with Gasteiger partial charge in [0.2, 0.25) is 0 Å². The highest BCUT2D eigenvalue weighted by Crippen LogP contribution is 2.67. The second kappa shape index (κ2) is 41.4. The van der Waals surface area contributed by atoms with E-state index < -0.39 is 17.4 Å². The van der Waals surface area contributed by atoms with Crippen LogP contribution < -0.4 is 0 Å². The minimum atomic E-state index is -0.463. The number of Topliss-reactive ketones (excluding diaryl/α,β-unsaturated/α-hetero) is 5. The number of allylic oxidation sites excluding steroid dienone is 5. The predicted molar refractivity (Wildman–Crippen MR) is 503 cm³/mol. The molecule has 0 aromatic rings. The van der Waals surface area contributed by atoms with Crippen molar-refractivity contribution in [2.24, 2.45) is 76.8 Å². The maximum atomic E-state index is 12.4. The highest BCUT2D eigenvalue weighted by Gasteiger charge is 2.67. The molecule has 0 bridgehead atoms. The number of aliphatic hydroxyl groups excluding tert-OH is 4. The molecule has 3 spiro atoms. The van der Waals surface area contributed by atoms with Crippen LogP contribution >= 0.6 is 0 Å². The Morgan fingerprint density at radius 1 is 0.312 bits per heavy atom. The largest absolute Gasteiger partial charge is 0.393 e. The van der Waals surface area contributed by atoms with E-state index in [1.165, 1.54) is 47.1 Å². The molecule has 19 rings (SSSR count). The summed E-state index contributed by atoms with van der Waals surface area (Å²) < 4.78 is 60.2. The van der Waals surface area contributed by atoms with E-state index in [0.717, 1.165) is 237 Å². The molecule has 17 atom stereocenters. The molecule has 19 aliphatic rings. The first-order chi connectivity index (χ1) is 60.3. The summed E-state index contributed by atoms with van der Waals surface area (Å²) in [5.74, 6) is 1.36. The van der Waals surface area contributed by atoms with Gasteiger partial charge in [0, 0.05) is 124 Å². The van der Waals surface area contributed by atoms with Gasteiger partial charge in [0.05, 0.1) is 76.3 Å². The molecule has 0 radical (unpaired) electrons. The van der Waals surface area contributed by atoms with Gasteiger partial charge >= 0.3 is 0 Å². The van der Waals surface area contributed by atoms with Crippen molar-refractivity contribution in [2.75, 3.05) is 52.9 Å². The van der Waals surface area contributed by atoms with Crippen molar-refractivity contribution >= 4 is 28.9 Å². The van der Waals surface area contributed by atoms with Crippen molar-refractivity contribution in [3.63, 3.8) is 0 Å². The van der Waals surface area contributed by atoms with E-state index in [1.807, 2.05) is 55.4 Å². The molecule has 0 amide bonds. The minimum Gasteiger partial charge on any atom is -0.393 e. The Morgan fingerprint density at radius 2 is 0.695 bits per heavy atom. The van der Waals surface area contributed by atoms with Crippen molar-refractivity contribution in [1.82, 2.24) is 0 Å². The normalized spacial score (nSPS) is 39.7. The molecule has 19 heteroatoms. The molecule has 5 aliphatic heterocycles. The van der Waals surface area contributed by atoms with Gasteiger partial charge in [0.25, 0.3) is 0 Å². The van der Waals surface area contributed by atoms with Crippen LogP contribution in [0, 0.1) is 76.8 Å². The van der Waals surface area contributed by atoms with Crippen LogP contribution in [0.25, 0.3) is 0 Å². The highest BCUT2D eigenvalue weighted by molar-refractivity contribution is 5.97. The van der Waals surface area contributed by atoms with Gasteiger partial charge < -0.3 is 67.8 Å². The summed E-state index contributed by atoms with van der Waals surface area (Å²) in [7, 11) is 0. The fraction of sp³-hybridized carbons (Fsp3) is 0.862. The standard InChI is InChI=1S/C18H28O3.C17H26O3.C15H26O3.2C15H24O3.C13H20O2.C12H18O2.2C2H6/c1-17(2)13-7-6-8-15(18(13,3)11-10-14(17)19)21-16-9-4-5-12-20-16;1-12-13-6-5-7-15(17(13,2)10-9-14(12)18)20-16-8-3-4-11-19-16;3*1-13(2)11-5-4-6-12(16)14(11,3)7-8-15(13)17-9-10-18-15;1-12(2)9-5-4-6-11(15)13(9,3)8-7-10(12)14;1-8-9-4-3-5-11(14)12(9,2)7-6-10(8)13;2*1-2/h7,15-16H,4-6,8-12H2,1-3H3;15-16H,3-11H2,1-2H3;11-12,16H,4-10H2,1-3H3;11H,4-10H2,1-3H3;5,12,16H,4,6-10H2,1-3H3;5,11,15H,4,6-8H2,1-3H3;11,14H,3-7H2,1-2H3;2*1-2H3/t15-,16?,18-;15-,16?,17-;11-,12-,14-;11-,14-;12-,14-;11-,13-;11-,12-;;/m1111111../s1. The Morgan fingerprint density at radius 3 is 1.21 bits per heavy atom. The molecule has 14 aliphatic carbocycles. The molecule has 5 saturated heterocycles. The summed E-state index contributed by atoms with van der Waals surface area (Å²) in [5, 5.41) is 41.0. The minimum absolute atomic E-state index is 0.00350. The Hall–Kier alpha value is -3.51. The van der Waals surface area contributed by atoms with E-state index >= 15 is 0 Å². The number of fused-ring (bicyclic) bond motifs is 7. The number of hydrogen-bond donors (Lipinski definition) is 4. The summed E-state index contributed by atoms with van der Waals surface area (Å²) in [6.45, 7) is 54.8. The number of ether oxygens (including phenoxy) is 10. The fourth-order valence-electron chi connectivity index (χ4n) is 28.7. The Bertz CT molecular complexity index is 3990. The van der Waals surface area contributed by atoms with Crippen LogP contribution in [-0.2, 0) is 71.3 Å². The van der Waals surface area contributed by atoms with Crippen molar-refractivity contribution in [1.29, 1.82) is 0 Å². The van der Waals surface area contributed by atoms with Crippen molar-refractivity contribution < 1.29 is 91.8 Å². The lowest BCUT2D eigenvalue weighted by Crippen LogP contribution is -2.62. The zero-order chi connectivity index (χ0) is 93.9. The van der Waals surface area contributed by atoms with Crippen LogP contribution in [0.15, 0.2) is 57.2 Å². The lowest BCUT2D eigenvalue weighted by atomic mass is 9.48. The summed E-state index contributed by atoms with van der Waals surface area (Å²) >= 11 is 0. The van der Waals surface area contributed by atoms with Crippen LogP contribution in [0.2, 0.25) is 0 Å². The molecular formula is C109H178O19. The molecule has 14 fully saturated rings. The summed E-state index contributed by atoms with van der Waals surface area (Å²) in [5.41, 5.74) is 6.98. The Labute approximate surface area is 773 Å². The van der Waals surface area contributed by atoms with E-state index in [-0.39, 0.29) is 120 Å². The first-order valence-electron chi connectivity index (χ1n) is 51.6. The first-order valence-corrected chi connectivity index (χ1v) is 51.6. The molecular weight excluding hydrogens is 1610 g/mol. The van der Waals surface area contributed by atoms with Gasteiger partial charge in [-0.2, -0.15) is 0 Å². The van der Waals surface area contributed by atoms with E-state index in [1.54, 1.807) is 0 Å². The third-order valence-corrected chi connectivity index (χ3v) is 37.2. The smallest absolute Gasteiger partial charge is 0.177 e. The van der Waals surface area contributed by atoms with Crippen LogP contribution in [0.3, 0.4) is 0 Å². The monoisotopic (exact) mass is 1790 g/mol. The number of carbonyl (C=O) groups excluding carboxylic acids is 5. The molecule has 19 nitrogen and oxygen atoms in total. The average molecular weight is 1790 g/mol. The molecule has 128 heavy (non-hydrogen) atoms. The lowest BCUT2D eigenvalue weighted by Gasteiger charge is -2.61. The van der Waals surface area contributed by atoms with E-state index in [2.05, 4.69) is 122 Å². The van der Waals surface area contributed by atoms with E-state index in [9.17, 15) is 44.4 Å². The number of carbonyl (C=O) groups is 5. The first kappa shape index (κ1) is 105. The number of rotatable bonds is 4. The van der Waals surface area contributed by atoms with Gasteiger partial charge in [-0.05, 0) is 256 Å². The molecule has 0 aromatic carbocycles. The molecule has 9 saturated carbocycles. The van der Waals surface area contributed by atoms with Crippen molar-refractivity contribution in [3.8, 4) is 0 Å². The van der Waals surface area contributed by atoms with E-state index in [0.29, 0.717) is 87.1 Å². The predicted octanol–water partition coefficient (Wildman–Crippen LogP) is 22.8. The zero-order valence-electron chi connectivity index (χ0n) is 84.4. The topological polar surface area (TPSA) is 259 Å². The van der Waals surface area contributed by atoms with Gasteiger partial charge in [-0.1, -0.05) is 170 Å². The third-order valence-electron chi connectivity index (χ3n) is 37.2. The number of aliphatic hydroxyl groups is 4. The van der Waals surface area contributed by atoms with Gasteiger partial charge in [0.15, 0.2) is 41.5 Å². The second-order valence-corrected chi connectivity index (χ2v) is 45.7. The highest BCUT2D eigenvalue weighted by atomic mass is 16.8. The zero-order valence-corrected chi connectivity index (χ0v) is 84.4. The summed E-state index contributed by atoms with van der Waals surface area (Å²) in [6.07, 6.45) is 42.6. The SMILES string of the molecule is CC.CC.CC1(C)C(=O)CC[C@]2(C)C1=CCC[C@H]2O.CC1(C)C(=O)CC[C@]2(C)C1=CCC[C@H]2OC1CCCCO1.CC1(C)C2=CCC[C@@H](O)[C@]2(C)CCC12OCCO2.CC1(C)[C@H]2CCCC(=O)[C@]2(C)CCC12OCCO2.CC1(C)[C@H]2CCC[C@@H](O)[C@]2(C)CCC12OCCO2.CC1=C2CCC[C@@H](O)[C@]2(C)CCC1=O.CC1=C2CCC[C@@H](OC3CCCCO3)[C@]2(C)CCC1=O. The molecule has 4 N–H and O–H groups in total. The third kappa shape index (κ3) is 19.6. The molecule has 0 aromatic heterocycles. The van der Waals surface area contributed by atoms with Crippen molar-refractivity contribution in [3.05, 3.63) is 57.2 Å². The fourth-order valence-corrected chi connectivity index (χ4v) is 28.7. The van der Waals surface area contributed by atoms with Crippen LogP contribution in [0.1, 0.15) is 403 Å². The summed E-state index contributed by atoms with van der Waals surface area (Å²) in [4.78, 5) is 60.1. The Balaban J connectivity index is 0.000000144. The van der Waals surface area contributed by atoms with Crippen LogP contribution in [0.5, 0.6) is 0 Å². The number of hydrogen-bond acceptors (Lipinski definition) is 19. The van der Waals surface area contributed by atoms with Gasteiger partial charge in [-0.3, -0.25) is 24.0 Å². The molecule has 5 heterocycles. The molecule has 2 unspecified atom stereocenters. The maximum Gasteiger partial charge on any atom is 0.177 e. The quantitative estimate of drug-likeness (QED) is 0.191. The lowest BCUT2D eigenvalue weighted by molar-refractivity contribution is -0.297. The van der Waals surface area contributed by atoms with Crippen LogP contribution in [-0.4, -0.2) is 169 Å². The maximum absolute atomic E-state index is 12.4. The van der Waals surface area contributed by atoms with Gasteiger partial charge in [-0.15, -0.1) is 0 Å². The van der Waals surface area contributed by atoms with E-state index in [4.69, 9.17) is 47.4 Å². The Kier molecular flexibility index (Phi) is 34.0. The van der Waals surface area contributed by atoms with Gasteiger partial charge in [-0.25, -0.2) is 0 Å². The average Bonchev–Trinajstić information content (AvgIpc) is 1.24.